The van der Waals surface area contributed by atoms with Crippen LogP contribution in [0.2, 0.25) is 5.02 Å². The zero-order chi connectivity index (χ0) is 15.3. The molecule has 0 bridgehead atoms. The van der Waals surface area contributed by atoms with Crippen LogP contribution in [0.25, 0.3) is 0 Å². The van der Waals surface area contributed by atoms with Gasteiger partial charge in [-0.1, -0.05) is 31.5 Å². The van der Waals surface area contributed by atoms with Gasteiger partial charge in [-0.15, -0.1) is 0 Å². The SMILES string of the molecule is CCC(C=O)(CC)CN1CCN(c2cccc(Cl)c2)CC1. The predicted octanol–water partition coefficient (Wildman–Crippen LogP) is 3.47. The first kappa shape index (κ1) is 16.3. The molecule has 0 unspecified atom stereocenters. The van der Waals surface area contributed by atoms with Gasteiger partial charge in [-0.05, 0) is 31.0 Å². The fraction of sp³-hybridized carbons (Fsp3) is 0.588. The van der Waals surface area contributed by atoms with Crippen molar-refractivity contribution in [3.63, 3.8) is 0 Å². The second kappa shape index (κ2) is 7.28. The highest BCUT2D eigenvalue weighted by molar-refractivity contribution is 6.30. The van der Waals surface area contributed by atoms with Crippen LogP contribution in [0.1, 0.15) is 26.7 Å². The first-order valence-corrected chi connectivity index (χ1v) is 8.19. The molecule has 0 N–H and O–H groups in total. The molecular formula is C17H25ClN2O. The maximum Gasteiger partial charge on any atom is 0.127 e. The van der Waals surface area contributed by atoms with Crippen LogP contribution in [0.4, 0.5) is 5.69 Å². The molecule has 1 aliphatic heterocycles. The lowest BCUT2D eigenvalue weighted by molar-refractivity contribution is -0.117. The number of rotatable bonds is 6. The Morgan fingerprint density at radius 1 is 1.19 bits per heavy atom. The molecule has 0 aliphatic carbocycles. The topological polar surface area (TPSA) is 23.6 Å². The van der Waals surface area contributed by atoms with E-state index in [4.69, 9.17) is 11.6 Å². The number of piperazine rings is 1. The summed E-state index contributed by atoms with van der Waals surface area (Å²) < 4.78 is 0. The zero-order valence-electron chi connectivity index (χ0n) is 13.0. The monoisotopic (exact) mass is 308 g/mol. The van der Waals surface area contributed by atoms with Crippen molar-refractivity contribution in [3.05, 3.63) is 29.3 Å². The first-order chi connectivity index (χ1) is 10.1. The number of carbonyl (C=O) groups is 1. The van der Waals surface area contributed by atoms with Crippen molar-refractivity contribution in [2.24, 2.45) is 5.41 Å². The van der Waals surface area contributed by atoms with E-state index in [0.717, 1.165) is 56.9 Å². The third kappa shape index (κ3) is 3.98. The summed E-state index contributed by atoms with van der Waals surface area (Å²) in [4.78, 5) is 16.2. The standard InChI is InChI=1S/C17H25ClN2O/c1-3-17(4-2,14-21)13-19-8-10-20(11-9-19)16-7-5-6-15(18)12-16/h5-7,12,14H,3-4,8-11,13H2,1-2H3. The van der Waals surface area contributed by atoms with Gasteiger partial charge in [-0.3, -0.25) is 4.90 Å². The van der Waals surface area contributed by atoms with E-state index < -0.39 is 0 Å². The third-order valence-corrected chi connectivity index (χ3v) is 4.98. The highest BCUT2D eigenvalue weighted by atomic mass is 35.5. The minimum absolute atomic E-state index is 0.168. The van der Waals surface area contributed by atoms with Crippen LogP contribution in [0.5, 0.6) is 0 Å². The number of nitrogens with zero attached hydrogens (tertiary/aromatic N) is 2. The summed E-state index contributed by atoms with van der Waals surface area (Å²) >= 11 is 6.06. The number of carbonyl (C=O) groups excluding carboxylic acids is 1. The molecule has 1 fully saturated rings. The van der Waals surface area contributed by atoms with Crippen molar-refractivity contribution >= 4 is 23.6 Å². The lowest BCUT2D eigenvalue weighted by Gasteiger charge is -2.40. The number of hydrogen-bond acceptors (Lipinski definition) is 3. The van der Waals surface area contributed by atoms with Gasteiger partial charge in [0.2, 0.25) is 0 Å². The van der Waals surface area contributed by atoms with Crippen molar-refractivity contribution in [3.8, 4) is 0 Å². The average Bonchev–Trinajstić information content (AvgIpc) is 2.53. The molecule has 0 atom stereocenters. The van der Waals surface area contributed by atoms with Crippen molar-refractivity contribution in [2.75, 3.05) is 37.6 Å². The van der Waals surface area contributed by atoms with E-state index in [1.54, 1.807) is 0 Å². The number of anilines is 1. The Kier molecular flexibility index (Phi) is 5.65. The fourth-order valence-corrected chi connectivity index (χ4v) is 3.14. The molecule has 1 aromatic rings. The summed E-state index contributed by atoms with van der Waals surface area (Å²) in [6.07, 6.45) is 3.00. The van der Waals surface area contributed by atoms with E-state index in [1.807, 2.05) is 18.2 Å². The second-order valence-electron chi connectivity index (χ2n) is 5.93. The van der Waals surface area contributed by atoms with Crippen molar-refractivity contribution in [1.82, 2.24) is 4.90 Å². The summed E-state index contributed by atoms with van der Waals surface area (Å²) in [6.45, 7) is 9.09. The van der Waals surface area contributed by atoms with Crippen LogP contribution in [-0.4, -0.2) is 43.9 Å². The van der Waals surface area contributed by atoms with Gasteiger partial charge in [-0.25, -0.2) is 0 Å². The van der Waals surface area contributed by atoms with Crippen LogP contribution < -0.4 is 4.90 Å². The fourth-order valence-electron chi connectivity index (χ4n) is 2.96. The number of benzene rings is 1. The molecule has 2 rings (SSSR count). The van der Waals surface area contributed by atoms with Crippen molar-refractivity contribution < 1.29 is 4.79 Å². The molecule has 0 amide bonds. The van der Waals surface area contributed by atoms with Gasteiger partial charge >= 0.3 is 0 Å². The van der Waals surface area contributed by atoms with Crippen LogP contribution in [0.3, 0.4) is 0 Å². The van der Waals surface area contributed by atoms with E-state index in [9.17, 15) is 4.79 Å². The Morgan fingerprint density at radius 2 is 1.86 bits per heavy atom. The van der Waals surface area contributed by atoms with Crippen LogP contribution in [0.15, 0.2) is 24.3 Å². The molecule has 4 heteroatoms. The largest absolute Gasteiger partial charge is 0.369 e. The van der Waals surface area contributed by atoms with Gasteiger partial charge in [0, 0.05) is 48.8 Å². The maximum absolute atomic E-state index is 11.4. The molecule has 0 saturated carbocycles. The van der Waals surface area contributed by atoms with Crippen LogP contribution >= 0.6 is 11.6 Å². The van der Waals surface area contributed by atoms with E-state index >= 15 is 0 Å². The van der Waals surface area contributed by atoms with Gasteiger partial charge < -0.3 is 9.69 Å². The molecule has 0 spiro atoms. The Morgan fingerprint density at radius 3 is 2.38 bits per heavy atom. The van der Waals surface area contributed by atoms with Gasteiger partial charge in [0.25, 0.3) is 0 Å². The molecule has 1 heterocycles. The smallest absolute Gasteiger partial charge is 0.127 e. The van der Waals surface area contributed by atoms with E-state index in [1.165, 1.54) is 5.69 Å². The van der Waals surface area contributed by atoms with E-state index in [2.05, 4.69) is 29.7 Å². The molecule has 0 radical (unpaired) electrons. The molecule has 1 aromatic carbocycles. The predicted molar refractivity (Wildman–Crippen MR) is 89.2 cm³/mol. The lowest BCUT2D eigenvalue weighted by atomic mass is 9.83. The number of halogens is 1. The zero-order valence-corrected chi connectivity index (χ0v) is 13.8. The van der Waals surface area contributed by atoms with Crippen molar-refractivity contribution in [1.29, 1.82) is 0 Å². The van der Waals surface area contributed by atoms with Gasteiger partial charge in [-0.2, -0.15) is 0 Å². The molecule has 21 heavy (non-hydrogen) atoms. The average molecular weight is 309 g/mol. The highest BCUT2D eigenvalue weighted by Gasteiger charge is 2.29. The number of hydrogen-bond donors (Lipinski definition) is 0. The highest BCUT2D eigenvalue weighted by Crippen LogP contribution is 2.26. The molecule has 1 saturated heterocycles. The summed E-state index contributed by atoms with van der Waals surface area (Å²) in [5.41, 5.74) is 1.02. The number of aldehydes is 1. The Labute approximate surface area is 132 Å². The quantitative estimate of drug-likeness (QED) is 0.752. The Balaban J connectivity index is 1.93. The van der Waals surface area contributed by atoms with Crippen LogP contribution in [-0.2, 0) is 4.79 Å². The van der Waals surface area contributed by atoms with Gasteiger partial charge in [0.05, 0.1) is 0 Å². The molecule has 3 nitrogen and oxygen atoms in total. The van der Waals surface area contributed by atoms with E-state index in [-0.39, 0.29) is 5.41 Å². The summed E-state index contributed by atoms with van der Waals surface area (Å²) in [5.74, 6) is 0. The normalized spacial score (nSPS) is 17.0. The van der Waals surface area contributed by atoms with Gasteiger partial charge in [0.1, 0.15) is 6.29 Å². The second-order valence-corrected chi connectivity index (χ2v) is 6.37. The lowest BCUT2D eigenvalue weighted by Crippen LogP contribution is -2.50. The third-order valence-electron chi connectivity index (χ3n) is 4.74. The Hall–Kier alpha value is -1.06. The van der Waals surface area contributed by atoms with Gasteiger partial charge in [0.15, 0.2) is 0 Å². The molecule has 116 valence electrons. The summed E-state index contributed by atoms with van der Waals surface area (Å²) in [5, 5.41) is 0.784. The van der Waals surface area contributed by atoms with E-state index in [0.29, 0.717) is 0 Å². The first-order valence-electron chi connectivity index (χ1n) is 7.81. The minimum Gasteiger partial charge on any atom is -0.369 e. The van der Waals surface area contributed by atoms with Crippen LogP contribution in [0, 0.1) is 5.41 Å². The minimum atomic E-state index is -0.168. The summed E-state index contributed by atoms with van der Waals surface area (Å²) in [7, 11) is 0. The summed E-state index contributed by atoms with van der Waals surface area (Å²) in [6, 6.07) is 8.03. The molecule has 0 aromatic heterocycles. The molecular weight excluding hydrogens is 284 g/mol. The Bertz CT molecular complexity index is 466. The van der Waals surface area contributed by atoms with Crippen molar-refractivity contribution in [2.45, 2.75) is 26.7 Å². The maximum atomic E-state index is 11.4. The molecule has 1 aliphatic rings.